The number of benzene rings is 1. The van der Waals surface area contributed by atoms with Crippen LogP contribution in [0.25, 0.3) is 16.9 Å². The van der Waals surface area contributed by atoms with Gasteiger partial charge in [-0.25, -0.2) is 4.98 Å². The lowest BCUT2D eigenvalue weighted by atomic mass is 9.89. The molecule has 0 aliphatic rings. The Labute approximate surface area is 145 Å². The van der Waals surface area contributed by atoms with Gasteiger partial charge in [-0.05, 0) is 30.5 Å². The first-order chi connectivity index (χ1) is 11.4. The zero-order valence-corrected chi connectivity index (χ0v) is 14.8. The van der Waals surface area contributed by atoms with Gasteiger partial charge < -0.3 is 4.40 Å². The van der Waals surface area contributed by atoms with Crippen LogP contribution in [-0.4, -0.2) is 23.0 Å². The normalized spacial score (nSPS) is 10.5. The van der Waals surface area contributed by atoms with E-state index in [4.69, 9.17) is 7.85 Å². The van der Waals surface area contributed by atoms with Gasteiger partial charge in [0.1, 0.15) is 13.5 Å². The van der Waals surface area contributed by atoms with E-state index in [2.05, 4.69) is 25.8 Å². The Morgan fingerprint density at radius 2 is 1.92 bits per heavy atom. The van der Waals surface area contributed by atoms with Crippen LogP contribution in [0.15, 0.2) is 48.8 Å². The SMILES string of the molecule is CCC(C)C.[B]c1ccccc1-c1cn2ccc(C(C)=O)cc2n1. The molecule has 3 aromatic rings. The highest BCUT2D eigenvalue weighted by atomic mass is 16.1. The van der Waals surface area contributed by atoms with E-state index in [0.29, 0.717) is 11.0 Å². The minimum absolute atomic E-state index is 0.0336. The van der Waals surface area contributed by atoms with Crippen molar-refractivity contribution in [3.63, 3.8) is 0 Å². The molecule has 24 heavy (non-hydrogen) atoms. The van der Waals surface area contributed by atoms with E-state index >= 15 is 0 Å². The Morgan fingerprint density at radius 1 is 1.25 bits per heavy atom. The number of aromatic nitrogens is 2. The first kappa shape index (κ1) is 18.0. The van der Waals surface area contributed by atoms with Crippen LogP contribution in [-0.2, 0) is 0 Å². The standard InChI is InChI=1S/C15H11BN2O.C5H12/c1-10(19)11-6-7-18-9-14(17-15(18)8-11)12-4-2-3-5-13(12)16;1-4-5(2)3/h2-9H,1H3;5H,4H2,1-3H3. The predicted molar refractivity (Wildman–Crippen MR) is 101 cm³/mol. The summed E-state index contributed by atoms with van der Waals surface area (Å²) >= 11 is 0. The van der Waals surface area contributed by atoms with Gasteiger partial charge in [0.05, 0.1) is 5.69 Å². The highest BCUT2D eigenvalue weighted by Crippen LogP contribution is 2.17. The molecule has 3 nitrogen and oxygen atoms in total. The fourth-order valence-corrected chi connectivity index (χ4v) is 2.06. The molecule has 0 atom stereocenters. The molecule has 4 heteroatoms. The van der Waals surface area contributed by atoms with Gasteiger partial charge in [-0.3, -0.25) is 4.79 Å². The molecule has 0 spiro atoms. The van der Waals surface area contributed by atoms with Crippen molar-refractivity contribution in [3.8, 4) is 11.3 Å². The van der Waals surface area contributed by atoms with E-state index in [1.807, 2.05) is 41.1 Å². The zero-order valence-electron chi connectivity index (χ0n) is 14.8. The fraction of sp³-hybridized carbons (Fsp3) is 0.300. The van der Waals surface area contributed by atoms with E-state index < -0.39 is 0 Å². The van der Waals surface area contributed by atoms with Gasteiger partial charge in [-0.15, -0.1) is 0 Å². The summed E-state index contributed by atoms with van der Waals surface area (Å²) in [5.41, 5.74) is 3.80. The van der Waals surface area contributed by atoms with E-state index in [0.717, 1.165) is 22.8 Å². The third kappa shape index (κ3) is 4.35. The highest BCUT2D eigenvalue weighted by Gasteiger charge is 2.07. The summed E-state index contributed by atoms with van der Waals surface area (Å²) in [5.74, 6) is 0.918. The van der Waals surface area contributed by atoms with Gasteiger partial charge in [0.15, 0.2) is 5.78 Å². The maximum absolute atomic E-state index is 11.4. The second-order valence-electron chi connectivity index (χ2n) is 6.25. The number of hydrogen-bond acceptors (Lipinski definition) is 2. The van der Waals surface area contributed by atoms with Crippen LogP contribution >= 0.6 is 0 Å². The largest absolute Gasteiger partial charge is 0.306 e. The summed E-state index contributed by atoms with van der Waals surface area (Å²) < 4.78 is 1.88. The lowest BCUT2D eigenvalue weighted by molar-refractivity contribution is 0.101. The van der Waals surface area contributed by atoms with E-state index in [1.165, 1.54) is 6.42 Å². The molecule has 0 fully saturated rings. The lowest BCUT2D eigenvalue weighted by Gasteiger charge is -2.00. The highest BCUT2D eigenvalue weighted by molar-refractivity contribution is 6.35. The lowest BCUT2D eigenvalue weighted by Crippen LogP contribution is -2.05. The third-order valence-electron chi connectivity index (χ3n) is 3.92. The molecular weight excluding hydrogens is 295 g/mol. The van der Waals surface area contributed by atoms with Crippen molar-refractivity contribution in [3.05, 3.63) is 54.4 Å². The van der Waals surface area contributed by atoms with Crippen LogP contribution in [0.5, 0.6) is 0 Å². The molecule has 0 aliphatic carbocycles. The number of imidazole rings is 1. The maximum atomic E-state index is 11.4. The van der Waals surface area contributed by atoms with Crippen LogP contribution in [0.4, 0.5) is 0 Å². The van der Waals surface area contributed by atoms with Crippen LogP contribution in [0.1, 0.15) is 44.5 Å². The average Bonchev–Trinajstić information content (AvgIpc) is 2.98. The van der Waals surface area contributed by atoms with Gasteiger partial charge in [-0.1, -0.05) is 56.9 Å². The number of Topliss-reactive ketones (excluding diaryl/α,β-unsaturated/α-hetero) is 1. The number of carbonyl (C=O) groups is 1. The van der Waals surface area contributed by atoms with Crippen molar-refractivity contribution in [2.75, 3.05) is 0 Å². The second kappa shape index (κ2) is 7.96. The van der Waals surface area contributed by atoms with E-state index in [-0.39, 0.29) is 5.78 Å². The molecule has 0 unspecified atom stereocenters. The first-order valence-corrected chi connectivity index (χ1v) is 8.27. The van der Waals surface area contributed by atoms with Crippen LogP contribution in [0, 0.1) is 5.92 Å². The van der Waals surface area contributed by atoms with Crippen molar-refractivity contribution >= 4 is 24.7 Å². The monoisotopic (exact) mass is 318 g/mol. The smallest absolute Gasteiger partial charge is 0.159 e. The summed E-state index contributed by atoms with van der Waals surface area (Å²) in [7, 11) is 5.95. The Morgan fingerprint density at radius 3 is 2.50 bits per heavy atom. The van der Waals surface area contributed by atoms with Gasteiger partial charge in [-0.2, -0.15) is 0 Å². The summed E-state index contributed by atoms with van der Waals surface area (Å²) in [6, 6.07) is 11.2. The average molecular weight is 318 g/mol. The Hall–Kier alpha value is -2.36. The summed E-state index contributed by atoms with van der Waals surface area (Å²) in [6.07, 6.45) is 5.05. The molecule has 2 heterocycles. The molecule has 2 radical (unpaired) electrons. The maximum Gasteiger partial charge on any atom is 0.159 e. The topological polar surface area (TPSA) is 34.4 Å². The number of hydrogen-bond donors (Lipinski definition) is 0. The summed E-state index contributed by atoms with van der Waals surface area (Å²) in [4.78, 5) is 15.9. The fourth-order valence-electron chi connectivity index (χ4n) is 2.06. The quantitative estimate of drug-likeness (QED) is 0.539. The zero-order chi connectivity index (χ0) is 17.7. The molecule has 0 N–H and O–H groups in total. The van der Waals surface area contributed by atoms with Gasteiger partial charge in [0.2, 0.25) is 0 Å². The number of rotatable bonds is 3. The van der Waals surface area contributed by atoms with Crippen LogP contribution < -0.4 is 5.46 Å². The molecule has 0 aliphatic heterocycles. The molecule has 0 amide bonds. The molecule has 0 saturated heterocycles. The number of ketones is 1. The Bertz CT molecular complexity index is 837. The summed E-state index contributed by atoms with van der Waals surface area (Å²) in [5, 5.41) is 0. The Kier molecular flexibility index (Phi) is 5.96. The summed E-state index contributed by atoms with van der Waals surface area (Å²) in [6.45, 7) is 8.19. The molecule has 122 valence electrons. The van der Waals surface area contributed by atoms with Gasteiger partial charge in [0.25, 0.3) is 0 Å². The van der Waals surface area contributed by atoms with Crippen LogP contribution in [0.2, 0.25) is 0 Å². The molecule has 0 saturated carbocycles. The van der Waals surface area contributed by atoms with Crippen molar-refractivity contribution in [2.24, 2.45) is 5.92 Å². The molecule has 2 aromatic heterocycles. The molecule has 3 rings (SSSR count). The predicted octanol–water partition coefficient (Wildman–Crippen LogP) is 4.05. The van der Waals surface area contributed by atoms with Gasteiger partial charge >= 0.3 is 0 Å². The number of fused-ring (bicyclic) bond motifs is 1. The second-order valence-corrected chi connectivity index (χ2v) is 6.25. The van der Waals surface area contributed by atoms with Crippen molar-refractivity contribution in [2.45, 2.75) is 34.1 Å². The van der Waals surface area contributed by atoms with E-state index in [9.17, 15) is 4.79 Å². The van der Waals surface area contributed by atoms with Gasteiger partial charge in [0, 0.05) is 18.0 Å². The number of carbonyl (C=O) groups excluding carboxylic acids is 1. The number of nitrogens with zero attached hydrogens (tertiary/aromatic N) is 2. The number of pyridine rings is 1. The molecule has 1 aromatic carbocycles. The first-order valence-electron chi connectivity index (χ1n) is 8.27. The van der Waals surface area contributed by atoms with Crippen molar-refractivity contribution in [1.82, 2.24) is 9.38 Å². The molecule has 0 bridgehead atoms. The molecular formula is C20H23BN2O. The van der Waals surface area contributed by atoms with Crippen molar-refractivity contribution in [1.29, 1.82) is 0 Å². The van der Waals surface area contributed by atoms with Crippen LogP contribution in [0.3, 0.4) is 0 Å². The van der Waals surface area contributed by atoms with Crippen molar-refractivity contribution < 1.29 is 4.79 Å². The minimum atomic E-state index is 0.0336. The third-order valence-corrected chi connectivity index (χ3v) is 3.92. The minimum Gasteiger partial charge on any atom is -0.306 e. The van der Waals surface area contributed by atoms with E-state index in [1.54, 1.807) is 19.1 Å². The Balaban J connectivity index is 0.000000368.